The van der Waals surface area contributed by atoms with Gasteiger partial charge in [0.25, 0.3) is 0 Å². The monoisotopic (exact) mass is 1330 g/mol. The van der Waals surface area contributed by atoms with Gasteiger partial charge < -0.3 is 131 Å². The first kappa shape index (κ1) is 88.6. The third-order valence-electron chi connectivity index (χ3n) is 12.2. The van der Waals surface area contributed by atoms with Crippen LogP contribution in [-0.4, -0.2) is 323 Å². The third-order valence-corrected chi connectivity index (χ3v) is 12.2. The Balaban J connectivity index is 5.94. The van der Waals surface area contributed by atoms with Gasteiger partial charge in [-0.3, -0.25) is 0 Å². The maximum absolute atomic E-state index is 13.1. The van der Waals surface area contributed by atoms with Gasteiger partial charge in [-0.15, -0.1) is 0 Å². The molecule has 544 valence electrons. The summed E-state index contributed by atoms with van der Waals surface area (Å²) in [5.74, 6) is 0. The average molecular weight is 1330 g/mol. The van der Waals surface area contributed by atoms with E-state index in [0.29, 0.717) is 0 Å². The topological polar surface area (TPSA) is 371 Å². The van der Waals surface area contributed by atoms with E-state index >= 15 is 0 Å². The fraction of sp³-hybridized carbons (Fsp3) is 0.968. The van der Waals surface area contributed by atoms with E-state index in [4.69, 9.17) is 90.0 Å². The van der Waals surface area contributed by atoms with Crippen LogP contribution in [0.2, 0.25) is 0 Å². The molecular formula is C62H122O29. The van der Waals surface area contributed by atoms with Crippen LogP contribution in [-0.2, 0) is 90.0 Å². The molecular weight excluding hydrogens is 1210 g/mol. The van der Waals surface area contributed by atoms with Crippen molar-refractivity contribution in [3.8, 4) is 0 Å². The van der Waals surface area contributed by atoms with Crippen molar-refractivity contribution < 1.29 is 140 Å². The summed E-state index contributed by atoms with van der Waals surface area (Å²) in [6, 6.07) is 0. The number of carbonyl (C=O) groups is 2. The van der Waals surface area contributed by atoms with E-state index in [-0.39, 0.29) is 191 Å². The minimum Gasteiger partial charge on any atom is -0.429 e. The zero-order valence-corrected chi connectivity index (χ0v) is 57.4. The molecule has 0 aliphatic carbocycles. The van der Waals surface area contributed by atoms with Crippen LogP contribution in [0, 0.1) is 16.2 Å². The van der Waals surface area contributed by atoms with Crippen molar-refractivity contribution in [3.05, 3.63) is 0 Å². The van der Waals surface area contributed by atoms with Gasteiger partial charge in [0.2, 0.25) is 0 Å². The lowest BCUT2D eigenvalue weighted by Gasteiger charge is -2.34. The van der Waals surface area contributed by atoms with Gasteiger partial charge in [0, 0.05) is 0 Å². The van der Waals surface area contributed by atoms with Crippen molar-refractivity contribution >= 4 is 12.3 Å². The minimum absolute atomic E-state index is 0.000219. The van der Waals surface area contributed by atoms with Crippen LogP contribution in [0.4, 0.5) is 9.59 Å². The predicted octanol–water partition coefficient (Wildman–Crippen LogP) is 2.27. The number of hydrogen-bond acceptors (Lipinski definition) is 29. The molecule has 0 fully saturated rings. The maximum atomic E-state index is 13.1. The van der Waals surface area contributed by atoms with Gasteiger partial charge in [-0.05, 0) is 104 Å². The highest BCUT2D eigenvalue weighted by atomic mass is 16.7. The average Bonchev–Trinajstić information content (AvgIpc) is 3.64. The van der Waals surface area contributed by atoms with Gasteiger partial charge in [-0.2, -0.15) is 0 Å². The summed E-state index contributed by atoms with van der Waals surface area (Å²) in [4.78, 5) is 26.0. The lowest BCUT2D eigenvalue weighted by molar-refractivity contribution is -0.140. The molecule has 0 spiro atoms. The number of rotatable bonds is 61. The molecule has 0 heterocycles. The summed E-state index contributed by atoms with van der Waals surface area (Å²) in [7, 11) is 0. The number of aliphatic hydroxyl groups is 8. The molecule has 0 rings (SSSR count). The van der Waals surface area contributed by atoms with Gasteiger partial charge in [0.05, 0.1) is 262 Å². The van der Waals surface area contributed by atoms with Crippen molar-refractivity contribution in [2.45, 2.75) is 195 Å². The first-order valence-electron chi connectivity index (χ1n) is 31.8. The highest BCUT2D eigenvalue weighted by Gasteiger charge is 2.37. The first-order valence-corrected chi connectivity index (χ1v) is 31.8. The molecule has 0 aromatic heterocycles. The molecule has 0 bridgehead atoms. The number of ether oxygens (including phenoxy) is 19. The van der Waals surface area contributed by atoms with E-state index < -0.39 is 108 Å². The first-order chi connectivity index (χ1) is 42.8. The molecule has 0 aliphatic heterocycles. The summed E-state index contributed by atoms with van der Waals surface area (Å²) >= 11 is 0. The van der Waals surface area contributed by atoms with Crippen molar-refractivity contribution in [3.63, 3.8) is 0 Å². The summed E-state index contributed by atoms with van der Waals surface area (Å²) in [6.07, 6.45) is -12.1. The van der Waals surface area contributed by atoms with E-state index in [1.54, 1.807) is 90.0 Å². The second kappa shape index (κ2) is 51.8. The Labute approximate surface area is 541 Å². The molecule has 0 aliphatic rings. The second-order valence-corrected chi connectivity index (χ2v) is 25.1. The summed E-state index contributed by atoms with van der Waals surface area (Å²) in [5, 5.41) is 78.7. The van der Waals surface area contributed by atoms with Gasteiger partial charge in [-0.25, -0.2) is 9.59 Å². The number of hydrogen-bond donors (Lipinski definition) is 8. The second-order valence-electron chi connectivity index (χ2n) is 25.1. The Morgan fingerprint density at radius 2 is 0.363 bits per heavy atom. The third kappa shape index (κ3) is 50.6. The van der Waals surface area contributed by atoms with Crippen molar-refractivity contribution in [2.75, 3.05) is 178 Å². The normalized spacial score (nSPS) is 19.2. The minimum atomic E-state index is -1.01. The Kier molecular flexibility index (Phi) is 50.5. The lowest BCUT2D eigenvalue weighted by Crippen LogP contribution is -2.44. The molecule has 29 nitrogen and oxygen atoms in total. The summed E-state index contributed by atoms with van der Waals surface area (Å²) < 4.78 is 111. The fourth-order valence-corrected chi connectivity index (χ4v) is 7.98. The molecule has 0 saturated carbocycles. The highest BCUT2D eigenvalue weighted by molar-refractivity contribution is 5.60. The largest absolute Gasteiger partial charge is 0.508 e. The smallest absolute Gasteiger partial charge is 0.429 e. The van der Waals surface area contributed by atoms with Crippen LogP contribution >= 0.6 is 0 Å². The van der Waals surface area contributed by atoms with Gasteiger partial charge >= 0.3 is 12.3 Å². The Morgan fingerprint density at radius 1 is 0.220 bits per heavy atom. The van der Waals surface area contributed by atoms with Crippen LogP contribution in [0.5, 0.6) is 0 Å². The molecule has 0 aromatic rings. The van der Waals surface area contributed by atoms with E-state index in [1.807, 2.05) is 13.8 Å². The number of carbonyl (C=O) groups excluding carboxylic acids is 2. The Hall–Kier alpha value is -2.38. The SMILES string of the molecule is CC(O)COCC(COCC(C)O)(COCC(C)O)COCC(C)OC(=O)OC(C)COCC(COCC(C)O)(COCC(C)OCC(C)OCC(C)O)COCC(C)OCC(C)OC(=O)OC(C)COCC(COCC(C)O)(COCC(C)O)COCC(C)O. The lowest BCUT2D eigenvalue weighted by atomic mass is 9.92. The molecule has 0 amide bonds. The van der Waals surface area contributed by atoms with Crippen LogP contribution in [0.25, 0.3) is 0 Å². The van der Waals surface area contributed by atoms with E-state index in [1.165, 1.54) is 0 Å². The fourth-order valence-electron chi connectivity index (χ4n) is 7.98. The van der Waals surface area contributed by atoms with Crippen molar-refractivity contribution in [2.24, 2.45) is 16.2 Å². The molecule has 91 heavy (non-hydrogen) atoms. The van der Waals surface area contributed by atoms with Gasteiger partial charge in [-0.1, -0.05) is 0 Å². The van der Waals surface area contributed by atoms with Gasteiger partial charge in [0.15, 0.2) is 0 Å². The Bertz CT molecular complexity index is 1660. The van der Waals surface area contributed by atoms with Crippen molar-refractivity contribution in [1.82, 2.24) is 0 Å². The van der Waals surface area contributed by atoms with E-state index in [2.05, 4.69) is 0 Å². The molecule has 0 aromatic carbocycles. The highest BCUT2D eigenvalue weighted by Crippen LogP contribution is 2.25. The van der Waals surface area contributed by atoms with Crippen LogP contribution in [0.1, 0.15) is 104 Å². The summed E-state index contributed by atoms with van der Waals surface area (Å²) in [5.41, 5.74) is -2.85. The van der Waals surface area contributed by atoms with E-state index in [9.17, 15) is 50.4 Å². The van der Waals surface area contributed by atoms with Gasteiger partial charge in [0.1, 0.15) is 24.4 Å². The van der Waals surface area contributed by atoms with E-state index in [0.717, 1.165) is 0 Å². The maximum Gasteiger partial charge on any atom is 0.508 e. The zero-order chi connectivity index (χ0) is 68.8. The molecule has 8 N–H and O–H groups in total. The Morgan fingerprint density at radius 3 is 0.560 bits per heavy atom. The predicted molar refractivity (Wildman–Crippen MR) is 330 cm³/mol. The number of aliphatic hydroxyl groups excluding tert-OH is 8. The summed E-state index contributed by atoms with van der Waals surface area (Å²) in [6.45, 7) is 25.5. The molecule has 16 atom stereocenters. The molecule has 29 heteroatoms. The quantitative estimate of drug-likeness (QED) is 0.0405. The van der Waals surface area contributed by atoms with Crippen LogP contribution < -0.4 is 0 Å². The van der Waals surface area contributed by atoms with Crippen LogP contribution in [0.15, 0.2) is 0 Å². The zero-order valence-electron chi connectivity index (χ0n) is 57.4. The standard InChI is InChI=1S/C62H122O29/c1-43(63)16-73-31-60(32-74-17-44(2)64,33-75-18-45(3)65)40-82-26-54(12)88-58(71)89-55(13)27-84-42-62(37-79-22-49(7)69,38-80-24-51(9)86-29-53(11)85-23-50(8)70)39-81-25-52(10)87-30-57(15)91-59(72)90-56(14)28-83-41-61(34-76-19-46(4)66,35-77-20-47(5)67)36-78-21-48(6)68/h43-57,63-70H,16-42H2,1-15H3. The molecule has 0 saturated heterocycles. The molecule has 16 unspecified atom stereocenters. The van der Waals surface area contributed by atoms with Crippen molar-refractivity contribution in [1.29, 1.82) is 0 Å². The van der Waals surface area contributed by atoms with Crippen LogP contribution in [0.3, 0.4) is 0 Å². The molecule has 0 radical (unpaired) electrons.